The van der Waals surface area contributed by atoms with Crippen molar-refractivity contribution in [2.45, 2.75) is 85.1 Å². The van der Waals surface area contributed by atoms with Crippen molar-refractivity contribution in [2.24, 2.45) is 17.3 Å². The lowest BCUT2D eigenvalue weighted by atomic mass is 9.75. The van der Waals surface area contributed by atoms with Crippen molar-refractivity contribution in [2.75, 3.05) is 19.6 Å². The fourth-order valence-corrected chi connectivity index (χ4v) is 6.32. The molecule has 4 heteroatoms. The van der Waals surface area contributed by atoms with E-state index in [0.29, 0.717) is 11.5 Å². The van der Waals surface area contributed by atoms with Crippen LogP contribution >= 0.6 is 0 Å². The number of nitrogens with zero attached hydrogens (tertiary/aromatic N) is 3. The third-order valence-corrected chi connectivity index (χ3v) is 8.28. The molecule has 4 nitrogen and oxygen atoms in total. The molecule has 0 spiro atoms. The van der Waals surface area contributed by atoms with Gasteiger partial charge < -0.3 is 14.0 Å². The van der Waals surface area contributed by atoms with Crippen LogP contribution in [0, 0.1) is 17.3 Å². The van der Waals surface area contributed by atoms with Gasteiger partial charge in [-0.2, -0.15) is 0 Å². The van der Waals surface area contributed by atoms with E-state index < -0.39 is 0 Å². The van der Waals surface area contributed by atoms with Crippen molar-refractivity contribution in [3.05, 3.63) is 30.1 Å². The van der Waals surface area contributed by atoms with Crippen LogP contribution in [0.25, 0.3) is 21.9 Å². The molecule has 0 unspecified atom stereocenters. The van der Waals surface area contributed by atoms with Crippen LogP contribution in [0.2, 0.25) is 0 Å². The van der Waals surface area contributed by atoms with Gasteiger partial charge in [0.2, 0.25) is 0 Å². The molecule has 0 radical (unpaired) electrons. The molecule has 0 bridgehead atoms. The Morgan fingerprint density at radius 2 is 1.72 bits per heavy atom. The van der Waals surface area contributed by atoms with Gasteiger partial charge in [0.1, 0.15) is 0 Å². The Labute approximate surface area is 193 Å². The van der Waals surface area contributed by atoms with E-state index in [2.05, 4.69) is 80.6 Å². The fourth-order valence-electron chi connectivity index (χ4n) is 6.32. The van der Waals surface area contributed by atoms with Crippen LogP contribution < -0.4 is 0 Å². The van der Waals surface area contributed by atoms with E-state index in [-0.39, 0.29) is 5.41 Å². The van der Waals surface area contributed by atoms with Crippen molar-refractivity contribution in [3.8, 4) is 0 Å². The fraction of sp³-hybridized carbons (Fsp3) is 0.679. The number of fused-ring (bicyclic) bond motifs is 3. The molecule has 5 rings (SSSR count). The van der Waals surface area contributed by atoms with Gasteiger partial charge in [0.05, 0.1) is 11.1 Å². The first kappa shape index (κ1) is 22.0. The Bertz CT molecular complexity index is 1090. The lowest BCUT2D eigenvalue weighted by molar-refractivity contribution is 0.101. The molecule has 0 amide bonds. The molecule has 1 aliphatic heterocycles. The summed E-state index contributed by atoms with van der Waals surface area (Å²) in [5, 5.41) is 6.92. The second kappa shape index (κ2) is 7.90. The smallest absolute Gasteiger partial charge is 0.167 e. The molecule has 174 valence electrons. The molecule has 1 saturated heterocycles. The Morgan fingerprint density at radius 3 is 2.41 bits per heavy atom. The molecular weight excluding hydrogens is 394 g/mol. The molecule has 3 heterocycles. The summed E-state index contributed by atoms with van der Waals surface area (Å²) in [6, 6.07) is 7.25. The minimum absolute atomic E-state index is 0.0273. The lowest BCUT2D eigenvalue weighted by Gasteiger charge is -2.39. The summed E-state index contributed by atoms with van der Waals surface area (Å²) < 4.78 is 8.23. The van der Waals surface area contributed by atoms with Gasteiger partial charge in [-0.3, -0.25) is 0 Å². The third-order valence-electron chi connectivity index (χ3n) is 8.28. The number of benzene rings is 1. The number of hydrogen-bond acceptors (Lipinski definition) is 3. The molecule has 2 aliphatic rings. The lowest BCUT2D eigenvalue weighted by Crippen LogP contribution is -2.40. The standard InChI is InChI=1S/C28H41N3O/c1-27(2,3)20-11-14-30(15-12-20)18-19-7-8-21(17-19)31-16-13-22-23(31)9-10-24-25(22)26(29-32-24)28(4,5)6/h9-10,13,16,19-21H,7-8,11-12,14-15,17-18H2,1-6H3/t19-,21-/m1/s1. The summed E-state index contributed by atoms with van der Waals surface area (Å²) >= 11 is 0. The van der Waals surface area contributed by atoms with E-state index in [1.54, 1.807) is 0 Å². The average molecular weight is 436 g/mol. The van der Waals surface area contributed by atoms with E-state index in [1.165, 1.54) is 68.0 Å². The summed E-state index contributed by atoms with van der Waals surface area (Å²) in [5.41, 5.74) is 3.74. The van der Waals surface area contributed by atoms with Gasteiger partial charge in [0, 0.05) is 35.1 Å². The van der Waals surface area contributed by atoms with Crippen molar-refractivity contribution in [3.63, 3.8) is 0 Å². The minimum atomic E-state index is -0.0273. The number of likely N-dealkylation sites (tertiary alicyclic amines) is 1. The van der Waals surface area contributed by atoms with E-state index in [9.17, 15) is 0 Å². The van der Waals surface area contributed by atoms with Crippen LogP contribution in [0.5, 0.6) is 0 Å². The predicted molar refractivity (Wildman–Crippen MR) is 133 cm³/mol. The summed E-state index contributed by atoms with van der Waals surface area (Å²) in [6.45, 7) is 17.7. The zero-order chi connectivity index (χ0) is 22.7. The van der Waals surface area contributed by atoms with Crippen molar-refractivity contribution < 1.29 is 4.52 Å². The van der Waals surface area contributed by atoms with Crippen LogP contribution in [0.4, 0.5) is 0 Å². The summed E-state index contributed by atoms with van der Waals surface area (Å²) in [7, 11) is 0. The molecule has 0 N–H and O–H groups in total. The molecule has 2 fully saturated rings. The summed E-state index contributed by atoms with van der Waals surface area (Å²) in [5.74, 6) is 1.71. The number of piperidine rings is 1. The maximum Gasteiger partial charge on any atom is 0.167 e. The predicted octanol–water partition coefficient (Wildman–Crippen LogP) is 7.18. The quantitative estimate of drug-likeness (QED) is 0.437. The third kappa shape index (κ3) is 4.00. The largest absolute Gasteiger partial charge is 0.356 e. The first-order valence-electron chi connectivity index (χ1n) is 12.7. The van der Waals surface area contributed by atoms with Crippen molar-refractivity contribution in [1.82, 2.24) is 14.6 Å². The molecule has 1 aliphatic carbocycles. The second-order valence-electron chi connectivity index (χ2n) is 12.6. The van der Waals surface area contributed by atoms with Gasteiger partial charge in [0.15, 0.2) is 5.58 Å². The zero-order valence-electron chi connectivity index (χ0n) is 20.9. The normalized spacial score (nSPS) is 24.2. The molecular formula is C28H41N3O. The van der Waals surface area contributed by atoms with Crippen LogP contribution in [0.15, 0.2) is 28.9 Å². The highest BCUT2D eigenvalue weighted by Gasteiger charge is 2.32. The Morgan fingerprint density at radius 1 is 0.969 bits per heavy atom. The summed E-state index contributed by atoms with van der Waals surface area (Å²) in [6.07, 6.45) is 8.99. The van der Waals surface area contributed by atoms with Gasteiger partial charge in [-0.25, -0.2) is 0 Å². The number of aromatic nitrogens is 2. The van der Waals surface area contributed by atoms with Crippen molar-refractivity contribution in [1.29, 1.82) is 0 Å². The molecule has 3 aromatic rings. The zero-order valence-corrected chi connectivity index (χ0v) is 20.9. The first-order valence-corrected chi connectivity index (χ1v) is 12.7. The Kier molecular flexibility index (Phi) is 5.43. The van der Waals surface area contributed by atoms with Gasteiger partial charge in [0.25, 0.3) is 0 Å². The van der Waals surface area contributed by atoms with Crippen LogP contribution in [0.1, 0.15) is 85.4 Å². The first-order chi connectivity index (χ1) is 15.1. The van der Waals surface area contributed by atoms with Crippen LogP contribution in [0.3, 0.4) is 0 Å². The SMILES string of the molecule is CC(C)(C)c1noc2ccc3c(ccn3[C@@H]3CC[C@@H](CN4CCC(C(C)(C)C)CC4)C3)c12. The number of rotatable bonds is 3. The van der Waals surface area contributed by atoms with Gasteiger partial charge in [-0.15, -0.1) is 0 Å². The van der Waals surface area contributed by atoms with E-state index in [1.807, 2.05) is 0 Å². The highest BCUT2D eigenvalue weighted by molar-refractivity contribution is 6.06. The molecule has 1 saturated carbocycles. The van der Waals surface area contributed by atoms with Gasteiger partial charge >= 0.3 is 0 Å². The maximum absolute atomic E-state index is 5.68. The Hall–Kier alpha value is -1.81. The monoisotopic (exact) mass is 435 g/mol. The highest BCUT2D eigenvalue weighted by atomic mass is 16.5. The Balaban J connectivity index is 1.30. The van der Waals surface area contributed by atoms with Gasteiger partial charge in [-0.05, 0) is 80.6 Å². The van der Waals surface area contributed by atoms with Gasteiger partial charge in [-0.1, -0.05) is 46.7 Å². The average Bonchev–Trinajstić information content (AvgIpc) is 3.44. The number of hydrogen-bond donors (Lipinski definition) is 0. The maximum atomic E-state index is 5.68. The second-order valence-corrected chi connectivity index (χ2v) is 12.6. The summed E-state index contributed by atoms with van der Waals surface area (Å²) in [4.78, 5) is 2.75. The molecule has 2 atom stereocenters. The van der Waals surface area contributed by atoms with E-state index in [0.717, 1.165) is 23.1 Å². The molecule has 32 heavy (non-hydrogen) atoms. The minimum Gasteiger partial charge on any atom is -0.356 e. The topological polar surface area (TPSA) is 34.2 Å². The van der Waals surface area contributed by atoms with Crippen molar-refractivity contribution >= 4 is 21.9 Å². The van der Waals surface area contributed by atoms with E-state index in [4.69, 9.17) is 4.52 Å². The van der Waals surface area contributed by atoms with E-state index >= 15 is 0 Å². The highest BCUT2D eigenvalue weighted by Crippen LogP contribution is 2.41. The molecule has 2 aromatic heterocycles. The van der Waals surface area contributed by atoms with Crippen LogP contribution in [-0.2, 0) is 5.41 Å². The molecule has 1 aromatic carbocycles. The van der Waals surface area contributed by atoms with Crippen LogP contribution in [-0.4, -0.2) is 34.3 Å².